The molecule has 1 rings (SSSR count). The van der Waals surface area contributed by atoms with Crippen molar-refractivity contribution in [3.8, 4) is 0 Å². The van der Waals surface area contributed by atoms with Crippen molar-refractivity contribution in [3.05, 3.63) is 28.3 Å². The molecule has 112 valence electrons. The predicted molar refractivity (Wildman–Crippen MR) is 77.3 cm³/mol. The van der Waals surface area contributed by atoms with Crippen molar-refractivity contribution in [2.24, 2.45) is 0 Å². The number of anilines is 1. The molecule has 8 heteroatoms. The number of benzene rings is 1. The molecule has 0 aromatic heterocycles. The third kappa shape index (κ3) is 3.07. The van der Waals surface area contributed by atoms with Crippen LogP contribution in [0.4, 0.5) is 11.4 Å². The second-order valence-electron chi connectivity index (χ2n) is 4.47. The van der Waals surface area contributed by atoms with E-state index in [2.05, 4.69) is 5.32 Å². The zero-order valence-corrected chi connectivity index (χ0v) is 12.8. The number of nitrogens with zero attached hydrogens (tertiary/aromatic N) is 2. The first-order valence-corrected chi connectivity index (χ1v) is 7.64. The maximum atomic E-state index is 12.5. The molecule has 1 N–H and O–H groups in total. The molecule has 0 bridgehead atoms. The summed E-state index contributed by atoms with van der Waals surface area (Å²) in [4.78, 5) is 10.1. The Labute approximate surface area is 118 Å². The van der Waals surface area contributed by atoms with E-state index in [1.807, 2.05) is 6.92 Å². The van der Waals surface area contributed by atoms with Gasteiger partial charge in [-0.1, -0.05) is 6.92 Å². The number of rotatable bonds is 6. The van der Waals surface area contributed by atoms with Crippen LogP contribution in [0.5, 0.6) is 0 Å². The second-order valence-corrected chi connectivity index (χ2v) is 6.43. The van der Waals surface area contributed by atoms with E-state index in [1.165, 1.54) is 25.2 Å². The molecule has 1 unspecified atom stereocenters. The standard InChI is InChI=1S/C12H19N3O4S/c1-5-9(2)14(4)20(18,19)12-7-6-10(13-3)8-11(12)15(16)17/h6-9,13H,5H2,1-4H3. The average molecular weight is 301 g/mol. The van der Waals surface area contributed by atoms with Crippen molar-refractivity contribution >= 4 is 21.4 Å². The van der Waals surface area contributed by atoms with Gasteiger partial charge in [0.15, 0.2) is 4.90 Å². The lowest BCUT2D eigenvalue weighted by molar-refractivity contribution is -0.387. The molecule has 0 aliphatic carbocycles. The van der Waals surface area contributed by atoms with Crippen LogP contribution in [0.3, 0.4) is 0 Å². The van der Waals surface area contributed by atoms with Gasteiger partial charge in [0.05, 0.1) is 4.92 Å². The lowest BCUT2D eigenvalue weighted by Gasteiger charge is -2.23. The molecule has 1 atom stereocenters. The van der Waals surface area contributed by atoms with Gasteiger partial charge < -0.3 is 5.32 Å². The first-order chi connectivity index (χ1) is 9.25. The fourth-order valence-corrected chi connectivity index (χ4v) is 3.25. The molecule has 20 heavy (non-hydrogen) atoms. The first kappa shape index (κ1) is 16.4. The molecule has 0 spiro atoms. The Morgan fingerprint density at radius 2 is 2.05 bits per heavy atom. The van der Waals surface area contributed by atoms with Gasteiger partial charge in [0, 0.05) is 31.9 Å². The van der Waals surface area contributed by atoms with Gasteiger partial charge in [0.1, 0.15) is 0 Å². The number of sulfonamides is 1. The van der Waals surface area contributed by atoms with Crippen LogP contribution >= 0.6 is 0 Å². The molecule has 7 nitrogen and oxygen atoms in total. The summed E-state index contributed by atoms with van der Waals surface area (Å²) in [5.41, 5.74) is 0.0637. The fraction of sp³-hybridized carbons (Fsp3) is 0.500. The lowest BCUT2D eigenvalue weighted by Crippen LogP contribution is -2.34. The van der Waals surface area contributed by atoms with Crippen molar-refractivity contribution in [1.82, 2.24) is 4.31 Å². The minimum atomic E-state index is -3.89. The molecule has 0 aliphatic heterocycles. The van der Waals surface area contributed by atoms with Crippen LogP contribution in [-0.2, 0) is 10.0 Å². The monoisotopic (exact) mass is 301 g/mol. The summed E-state index contributed by atoms with van der Waals surface area (Å²) in [6.07, 6.45) is 0.623. The van der Waals surface area contributed by atoms with E-state index in [0.29, 0.717) is 12.1 Å². The van der Waals surface area contributed by atoms with E-state index in [9.17, 15) is 18.5 Å². The van der Waals surface area contributed by atoms with Crippen molar-refractivity contribution in [2.45, 2.75) is 31.2 Å². The lowest BCUT2D eigenvalue weighted by atomic mass is 10.3. The summed E-state index contributed by atoms with van der Waals surface area (Å²) in [5, 5.41) is 13.8. The van der Waals surface area contributed by atoms with Gasteiger partial charge in [-0.25, -0.2) is 8.42 Å². The first-order valence-electron chi connectivity index (χ1n) is 6.19. The number of nitro groups is 1. The Morgan fingerprint density at radius 1 is 1.45 bits per heavy atom. The van der Waals surface area contributed by atoms with Gasteiger partial charge in [0.25, 0.3) is 5.69 Å². The SMILES string of the molecule is CCC(C)N(C)S(=O)(=O)c1ccc(NC)cc1[N+](=O)[O-]. The van der Waals surface area contributed by atoms with E-state index in [1.54, 1.807) is 14.0 Å². The van der Waals surface area contributed by atoms with Gasteiger partial charge in [-0.3, -0.25) is 10.1 Å². The Balaban J connectivity index is 3.42. The van der Waals surface area contributed by atoms with Crippen LogP contribution in [-0.4, -0.2) is 37.8 Å². The third-order valence-corrected chi connectivity index (χ3v) is 5.33. The van der Waals surface area contributed by atoms with E-state index >= 15 is 0 Å². The number of hydrogen-bond acceptors (Lipinski definition) is 5. The summed E-state index contributed by atoms with van der Waals surface area (Å²) in [5.74, 6) is 0. The Bertz CT molecular complexity index is 601. The fourth-order valence-electron chi connectivity index (χ4n) is 1.68. The highest BCUT2D eigenvalue weighted by molar-refractivity contribution is 7.89. The quantitative estimate of drug-likeness (QED) is 0.641. The van der Waals surface area contributed by atoms with Crippen LogP contribution in [0.15, 0.2) is 23.1 Å². The van der Waals surface area contributed by atoms with Crippen LogP contribution in [0.1, 0.15) is 20.3 Å². The summed E-state index contributed by atoms with van der Waals surface area (Å²) in [7, 11) is -0.848. The summed E-state index contributed by atoms with van der Waals surface area (Å²) >= 11 is 0. The van der Waals surface area contributed by atoms with Crippen LogP contribution in [0, 0.1) is 10.1 Å². The van der Waals surface area contributed by atoms with E-state index < -0.39 is 20.6 Å². The molecule has 0 heterocycles. The van der Waals surface area contributed by atoms with Gasteiger partial charge >= 0.3 is 0 Å². The molecule has 1 aromatic carbocycles. The summed E-state index contributed by atoms with van der Waals surface area (Å²) in [6, 6.07) is 3.75. The van der Waals surface area contributed by atoms with Crippen molar-refractivity contribution in [1.29, 1.82) is 0 Å². The summed E-state index contributed by atoms with van der Waals surface area (Å²) in [6.45, 7) is 3.61. The molecule has 0 saturated heterocycles. The molecule has 0 aliphatic rings. The molecule has 0 fully saturated rings. The average Bonchev–Trinajstić information content (AvgIpc) is 2.44. The highest BCUT2D eigenvalue weighted by Crippen LogP contribution is 2.30. The molecule has 0 saturated carbocycles. The van der Waals surface area contributed by atoms with E-state index in [0.717, 1.165) is 4.31 Å². The van der Waals surface area contributed by atoms with Gasteiger partial charge in [0.2, 0.25) is 10.0 Å². The van der Waals surface area contributed by atoms with Crippen molar-refractivity contribution in [3.63, 3.8) is 0 Å². The maximum absolute atomic E-state index is 12.5. The van der Waals surface area contributed by atoms with Crippen LogP contribution < -0.4 is 5.32 Å². The van der Waals surface area contributed by atoms with Crippen LogP contribution in [0.25, 0.3) is 0 Å². The molecular weight excluding hydrogens is 282 g/mol. The van der Waals surface area contributed by atoms with Gasteiger partial charge in [-0.05, 0) is 25.5 Å². The normalized spacial score (nSPS) is 13.2. The predicted octanol–water partition coefficient (Wildman–Crippen LogP) is 2.06. The second kappa shape index (κ2) is 6.19. The minimum Gasteiger partial charge on any atom is -0.388 e. The zero-order chi connectivity index (χ0) is 15.5. The molecular formula is C12H19N3O4S. The van der Waals surface area contributed by atoms with Gasteiger partial charge in [-0.15, -0.1) is 0 Å². The third-order valence-electron chi connectivity index (χ3n) is 3.31. The number of nitrogens with one attached hydrogen (secondary N) is 1. The molecule has 0 amide bonds. The van der Waals surface area contributed by atoms with E-state index in [4.69, 9.17) is 0 Å². The van der Waals surface area contributed by atoms with Crippen molar-refractivity contribution < 1.29 is 13.3 Å². The number of hydrogen-bond donors (Lipinski definition) is 1. The highest BCUT2D eigenvalue weighted by Gasteiger charge is 2.31. The Morgan fingerprint density at radius 3 is 2.50 bits per heavy atom. The smallest absolute Gasteiger partial charge is 0.291 e. The van der Waals surface area contributed by atoms with Crippen LogP contribution in [0.2, 0.25) is 0 Å². The van der Waals surface area contributed by atoms with Crippen molar-refractivity contribution in [2.75, 3.05) is 19.4 Å². The molecule has 1 aromatic rings. The largest absolute Gasteiger partial charge is 0.388 e. The zero-order valence-electron chi connectivity index (χ0n) is 12.0. The van der Waals surface area contributed by atoms with Gasteiger partial charge in [-0.2, -0.15) is 4.31 Å². The maximum Gasteiger partial charge on any atom is 0.291 e. The van der Waals surface area contributed by atoms with E-state index in [-0.39, 0.29) is 10.9 Å². The topological polar surface area (TPSA) is 92.6 Å². The Kier molecular flexibility index (Phi) is 5.07. The number of nitro benzene ring substituents is 1. The molecule has 0 radical (unpaired) electrons. The summed E-state index contributed by atoms with van der Waals surface area (Å²) < 4.78 is 26.1. The Hall–Kier alpha value is -1.67. The minimum absolute atomic E-state index is 0.233. The highest BCUT2D eigenvalue weighted by atomic mass is 32.2.